The van der Waals surface area contributed by atoms with Crippen LogP contribution in [0.1, 0.15) is 37.6 Å². The molecule has 1 N–H and O–H groups in total. The van der Waals surface area contributed by atoms with Gasteiger partial charge in [-0.05, 0) is 43.4 Å². The Labute approximate surface area is 176 Å². The molecule has 7 nitrogen and oxygen atoms in total. The highest BCUT2D eigenvalue weighted by molar-refractivity contribution is 5.89. The van der Waals surface area contributed by atoms with Crippen molar-refractivity contribution in [2.45, 2.75) is 44.6 Å². The van der Waals surface area contributed by atoms with E-state index in [0.29, 0.717) is 0 Å². The number of nitrogens with zero attached hydrogens (tertiary/aromatic N) is 5. The van der Waals surface area contributed by atoms with Gasteiger partial charge in [0.2, 0.25) is 0 Å². The van der Waals surface area contributed by atoms with Gasteiger partial charge in [0, 0.05) is 49.5 Å². The quantitative estimate of drug-likeness (QED) is 0.722. The number of fused-ring (bicyclic) bond motifs is 2. The third kappa shape index (κ3) is 3.18. The highest BCUT2D eigenvalue weighted by Crippen LogP contribution is 2.44. The van der Waals surface area contributed by atoms with Gasteiger partial charge in [-0.2, -0.15) is 5.10 Å². The number of amides is 2. The van der Waals surface area contributed by atoms with E-state index in [1.807, 2.05) is 47.4 Å². The largest absolute Gasteiger partial charge is 0.327 e. The van der Waals surface area contributed by atoms with Gasteiger partial charge < -0.3 is 14.8 Å². The van der Waals surface area contributed by atoms with E-state index in [2.05, 4.69) is 34.0 Å². The van der Waals surface area contributed by atoms with Crippen LogP contribution in [0, 0.1) is 0 Å². The fraction of sp³-hybridized carbons (Fsp3) is 0.435. The van der Waals surface area contributed by atoms with E-state index in [4.69, 9.17) is 4.98 Å². The number of aromatic nitrogens is 4. The fourth-order valence-electron chi connectivity index (χ4n) is 4.88. The van der Waals surface area contributed by atoms with Crippen LogP contribution in [-0.2, 0) is 25.4 Å². The van der Waals surface area contributed by atoms with E-state index < -0.39 is 0 Å². The van der Waals surface area contributed by atoms with Crippen molar-refractivity contribution in [2.75, 3.05) is 18.4 Å². The second-order valence-electron chi connectivity index (χ2n) is 8.52. The average Bonchev–Trinajstić information content (AvgIpc) is 3.46. The van der Waals surface area contributed by atoms with Crippen LogP contribution in [0.25, 0.3) is 11.3 Å². The second kappa shape index (κ2) is 7.31. The Balaban J connectivity index is 1.26. The number of benzene rings is 1. The Morgan fingerprint density at radius 3 is 2.50 bits per heavy atom. The molecule has 1 saturated heterocycles. The summed E-state index contributed by atoms with van der Waals surface area (Å²) < 4.78 is 4.18. The van der Waals surface area contributed by atoms with Crippen LogP contribution in [0.15, 0.2) is 42.9 Å². The van der Waals surface area contributed by atoms with Gasteiger partial charge in [-0.1, -0.05) is 19.1 Å². The van der Waals surface area contributed by atoms with Crippen molar-refractivity contribution in [1.82, 2.24) is 24.2 Å². The number of anilines is 1. The number of nitrogens with one attached hydrogen (secondary N) is 1. The third-order valence-corrected chi connectivity index (χ3v) is 6.77. The highest BCUT2D eigenvalue weighted by Gasteiger charge is 2.44. The molecule has 2 aromatic heterocycles. The van der Waals surface area contributed by atoms with Crippen LogP contribution in [0.5, 0.6) is 0 Å². The fourth-order valence-corrected chi connectivity index (χ4v) is 4.88. The summed E-state index contributed by atoms with van der Waals surface area (Å²) in [5.41, 5.74) is 4.47. The number of hydrogen-bond acceptors (Lipinski definition) is 3. The minimum Gasteiger partial charge on any atom is -0.327 e. The van der Waals surface area contributed by atoms with Crippen molar-refractivity contribution in [1.29, 1.82) is 0 Å². The molecule has 30 heavy (non-hydrogen) atoms. The van der Waals surface area contributed by atoms with Gasteiger partial charge in [-0.15, -0.1) is 0 Å². The third-order valence-electron chi connectivity index (χ3n) is 6.77. The maximum absolute atomic E-state index is 12.7. The SMILES string of the molecule is CCc1ccc(NC(=O)N2CCC3(CC2)CCn2c(-c4cnn(C)c4)cnc23)cc1. The summed E-state index contributed by atoms with van der Waals surface area (Å²) in [4.78, 5) is 19.5. The standard InChI is InChI=1S/C23H28N6O/c1-3-17-4-6-19(7-5-17)26-22(30)28-11-8-23(9-12-28)10-13-29-20(15-24-21(23)29)18-14-25-27(2)16-18/h4-7,14-16H,3,8-13H2,1-2H3,(H,26,30). The van der Waals surface area contributed by atoms with Gasteiger partial charge in [-0.25, -0.2) is 9.78 Å². The number of aryl methyl sites for hydroxylation is 2. The van der Waals surface area contributed by atoms with Crippen LogP contribution >= 0.6 is 0 Å². The van der Waals surface area contributed by atoms with Crippen LogP contribution < -0.4 is 5.32 Å². The molecule has 4 heterocycles. The van der Waals surface area contributed by atoms with Gasteiger partial charge in [-0.3, -0.25) is 4.68 Å². The summed E-state index contributed by atoms with van der Waals surface area (Å²) in [6, 6.07) is 8.09. The highest BCUT2D eigenvalue weighted by atomic mass is 16.2. The molecule has 1 aromatic carbocycles. The smallest absolute Gasteiger partial charge is 0.321 e. The van der Waals surface area contributed by atoms with Crippen molar-refractivity contribution in [3.8, 4) is 11.3 Å². The maximum Gasteiger partial charge on any atom is 0.321 e. The summed E-state index contributed by atoms with van der Waals surface area (Å²) in [6.45, 7) is 4.63. The van der Waals surface area contributed by atoms with Crippen LogP contribution in [0.4, 0.5) is 10.5 Å². The zero-order chi connectivity index (χ0) is 20.7. The first-order valence-electron chi connectivity index (χ1n) is 10.8. The Bertz CT molecular complexity index is 1060. The Hall–Kier alpha value is -3.09. The number of likely N-dealkylation sites (tertiary alicyclic amines) is 1. The molecule has 1 spiro atoms. The summed E-state index contributed by atoms with van der Waals surface area (Å²) in [5, 5.41) is 7.35. The lowest BCUT2D eigenvalue weighted by molar-refractivity contribution is 0.166. The van der Waals surface area contributed by atoms with E-state index in [1.54, 1.807) is 0 Å². The predicted octanol–water partition coefficient (Wildman–Crippen LogP) is 3.82. The lowest BCUT2D eigenvalue weighted by atomic mass is 9.77. The lowest BCUT2D eigenvalue weighted by Gasteiger charge is -2.38. The lowest BCUT2D eigenvalue weighted by Crippen LogP contribution is -2.46. The average molecular weight is 405 g/mol. The minimum absolute atomic E-state index is 0.00788. The zero-order valence-corrected chi connectivity index (χ0v) is 17.6. The van der Waals surface area contributed by atoms with Gasteiger partial charge in [0.15, 0.2) is 0 Å². The number of rotatable bonds is 3. The minimum atomic E-state index is -0.00788. The molecule has 0 radical (unpaired) electrons. The summed E-state index contributed by atoms with van der Waals surface area (Å²) in [5.74, 6) is 1.18. The van der Waals surface area contributed by atoms with Gasteiger partial charge in [0.05, 0.1) is 18.1 Å². The van der Waals surface area contributed by atoms with Crippen molar-refractivity contribution in [3.63, 3.8) is 0 Å². The van der Waals surface area contributed by atoms with E-state index in [0.717, 1.165) is 62.3 Å². The number of carbonyl (C=O) groups excluding carboxylic acids is 1. The van der Waals surface area contributed by atoms with Crippen LogP contribution in [0.3, 0.4) is 0 Å². The van der Waals surface area contributed by atoms with Crippen molar-refractivity contribution >= 4 is 11.7 Å². The van der Waals surface area contributed by atoms with E-state index >= 15 is 0 Å². The first-order chi connectivity index (χ1) is 14.6. The van der Waals surface area contributed by atoms with Crippen molar-refractivity contribution < 1.29 is 4.79 Å². The van der Waals surface area contributed by atoms with Gasteiger partial charge in [0.1, 0.15) is 5.82 Å². The number of imidazole rings is 1. The molecule has 0 atom stereocenters. The van der Waals surface area contributed by atoms with E-state index in [1.165, 1.54) is 11.4 Å². The second-order valence-corrected chi connectivity index (χ2v) is 8.52. The Kier molecular flexibility index (Phi) is 4.60. The number of carbonyl (C=O) groups is 1. The molecular formula is C23H28N6O. The first kappa shape index (κ1) is 18.9. The Morgan fingerprint density at radius 2 is 1.83 bits per heavy atom. The summed E-state index contributed by atoms with van der Waals surface area (Å²) in [6.07, 6.45) is 9.92. The topological polar surface area (TPSA) is 68.0 Å². The molecule has 7 heteroatoms. The summed E-state index contributed by atoms with van der Waals surface area (Å²) >= 11 is 0. The van der Waals surface area contributed by atoms with Crippen molar-refractivity contribution in [3.05, 3.63) is 54.2 Å². The normalized spacial score (nSPS) is 17.3. The monoisotopic (exact) mass is 404 g/mol. The molecule has 2 amide bonds. The van der Waals surface area contributed by atoms with Crippen molar-refractivity contribution in [2.24, 2.45) is 7.05 Å². The molecule has 0 unspecified atom stereocenters. The molecule has 0 bridgehead atoms. The van der Waals surface area contributed by atoms with Crippen LogP contribution in [-0.4, -0.2) is 43.4 Å². The molecule has 0 aliphatic carbocycles. The molecule has 2 aliphatic rings. The molecule has 3 aromatic rings. The number of piperidine rings is 1. The Morgan fingerprint density at radius 1 is 1.10 bits per heavy atom. The molecule has 2 aliphatic heterocycles. The molecule has 1 fully saturated rings. The van der Waals surface area contributed by atoms with Gasteiger partial charge in [0.25, 0.3) is 0 Å². The zero-order valence-electron chi connectivity index (χ0n) is 17.6. The van der Waals surface area contributed by atoms with E-state index in [-0.39, 0.29) is 11.4 Å². The first-order valence-corrected chi connectivity index (χ1v) is 10.8. The van der Waals surface area contributed by atoms with Crippen LogP contribution in [0.2, 0.25) is 0 Å². The molecule has 0 saturated carbocycles. The number of hydrogen-bond donors (Lipinski definition) is 1. The molecular weight excluding hydrogens is 376 g/mol. The predicted molar refractivity (Wildman–Crippen MR) is 116 cm³/mol. The maximum atomic E-state index is 12.7. The van der Waals surface area contributed by atoms with E-state index in [9.17, 15) is 4.79 Å². The van der Waals surface area contributed by atoms with Gasteiger partial charge >= 0.3 is 6.03 Å². The summed E-state index contributed by atoms with van der Waals surface area (Å²) in [7, 11) is 1.94. The molecule has 5 rings (SSSR count). The molecule has 156 valence electrons. The number of urea groups is 1.